The van der Waals surface area contributed by atoms with E-state index < -0.39 is 5.97 Å². The number of hydrogen-bond donors (Lipinski definition) is 1. The Labute approximate surface area is 116 Å². The molecule has 18 heavy (non-hydrogen) atoms. The predicted octanol–water partition coefficient (Wildman–Crippen LogP) is 3.14. The Hall–Kier alpha value is -0.990. The van der Waals surface area contributed by atoms with Gasteiger partial charge in [-0.2, -0.15) is 0 Å². The maximum absolute atomic E-state index is 10.7. The van der Waals surface area contributed by atoms with Crippen LogP contribution in [-0.4, -0.2) is 26.3 Å². The minimum Gasteiger partial charge on any atom is -0.477 e. The summed E-state index contributed by atoms with van der Waals surface area (Å²) in [6.45, 7) is 6.23. The number of aromatic carboxylic acids is 1. The summed E-state index contributed by atoms with van der Waals surface area (Å²) >= 11 is 4.01. The van der Waals surface area contributed by atoms with Crippen LogP contribution in [0.2, 0.25) is 0 Å². The minimum absolute atomic E-state index is 0.0222. The van der Waals surface area contributed by atoms with E-state index in [2.05, 4.69) is 36.0 Å². The quantitative estimate of drug-likeness (QED) is 0.938. The second kappa shape index (κ2) is 4.94. The molecule has 0 fully saturated rings. The third kappa shape index (κ3) is 3.06. The molecule has 2 rings (SSSR count). The summed E-state index contributed by atoms with van der Waals surface area (Å²) in [7, 11) is 0. The molecule has 0 aromatic carbocycles. The summed E-state index contributed by atoms with van der Waals surface area (Å²) in [5.41, 5.74) is -0.0222. The Morgan fingerprint density at radius 2 is 2.00 bits per heavy atom. The standard InChI is InChI=1S/C10H11N3O2S3/c1-10(2,3)7-12-13-9(17-7)18-8-11-4-5(16-8)6(14)15/h4H,1-3H3,(H,14,15). The van der Waals surface area contributed by atoms with Gasteiger partial charge in [-0.3, -0.25) is 0 Å². The summed E-state index contributed by atoms with van der Waals surface area (Å²) in [6.07, 6.45) is 1.36. The lowest BCUT2D eigenvalue weighted by Gasteiger charge is -2.12. The van der Waals surface area contributed by atoms with Gasteiger partial charge in [0.1, 0.15) is 9.88 Å². The van der Waals surface area contributed by atoms with Crippen molar-refractivity contribution in [2.24, 2.45) is 0 Å². The number of nitrogens with zero attached hydrogens (tertiary/aromatic N) is 3. The molecule has 0 saturated carbocycles. The smallest absolute Gasteiger partial charge is 0.347 e. The zero-order valence-corrected chi connectivity index (χ0v) is 12.4. The van der Waals surface area contributed by atoms with Gasteiger partial charge in [0.05, 0.1) is 6.20 Å². The van der Waals surface area contributed by atoms with E-state index in [0.717, 1.165) is 20.7 Å². The number of hydrogen-bond acceptors (Lipinski definition) is 7. The highest BCUT2D eigenvalue weighted by molar-refractivity contribution is 8.02. The van der Waals surface area contributed by atoms with Crippen molar-refractivity contribution in [1.82, 2.24) is 15.2 Å². The highest BCUT2D eigenvalue weighted by Crippen LogP contribution is 2.35. The van der Waals surface area contributed by atoms with Crippen LogP contribution in [0.1, 0.15) is 35.5 Å². The minimum atomic E-state index is -0.952. The summed E-state index contributed by atoms with van der Waals surface area (Å²) < 4.78 is 1.45. The van der Waals surface area contributed by atoms with Crippen LogP contribution in [0.5, 0.6) is 0 Å². The maximum Gasteiger partial charge on any atom is 0.347 e. The molecule has 2 aromatic rings. The van der Waals surface area contributed by atoms with Crippen LogP contribution in [0.25, 0.3) is 0 Å². The van der Waals surface area contributed by atoms with E-state index in [1.165, 1.54) is 29.3 Å². The fourth-order valence-electron chi connectivity index (χ4n) is 1.03. The molecule has 1 N–H and O–H groups in total. The molecular weight excluding hydrogens is 290 g/mol. The molecule has 2 heterocycles. The van der Waals surface area contributed by atoms with Crippen molar-refractivity contribution in [1.29, 1.82) is 0 Å². The zero-order valence-electron chi connectivity index (χ0n) is 10.00. The lowest BCUT2D eigenvalue weighted by molar-refractivity contribution is 0.0702. The summed E-state index contributed by atoms with van der Waals surface area (Å²) in [5, 5.41) is 18.0. The van der Waals surface area contributed by atoms with Gasteiger partial charge >= 0.3 is 5.97 Å². The van der Waals surface area contributed by atoms with Gasteiger partial charge in [-0.1, -0.05) is 32.1 Å². The monoisotopic (exact) mass is 301 g/mol. The molecule has 8 heteroatoms. The van der Waals surface area contributed by atoms with Crippen molar-refractivity contribution in [3.63, 3.8) is 0 Å². The SMILES string of the molecule is CC(C)(C)c1nnc(Sc2ncc(C(=O)O)s2)s1. The topological polar surface area (TPSA) is 76.0 Å². The maximum atomic E-state index is 10.7. The van der Waals surface area contributed by atoms with E-state index in [0.29, 0.717) is 4.34 Å². The van der Waals surface area contributed by atoms with E-state index in [-0.39, 0.29) is 10.3 Å². The average Bonchev–Trinajstić information content (AvgIpc) is 2.85. The first-order chi connectivity index (χ1) is 8.36. The highest BCUT2D eigenvalue weighted by Gasteiger charge is 2.20. The lowest BCUT2D eigenvalue weighted by Crippen LogP contribution is -2.10. The van der Waals surface area contributed by atoms with Gasteiger partial charge in [-0.05, 0) is 11.8 Å². The van der Waals surface area contributed by atoms with Crippen molar-refractivity contribution < 1.29 is 9.90 Å². The molecule has 2 aromatic heterocycles. The summed E-state index contributed by atoms with van der Waals surface area (Å²) in [5.74, 6) is -0.952. The number of thiazole rings is 1. The number of aromatic nitrogens is 3. The number of rotatable bonds is 3. The van der Waals surface area contributed by atoms with Crippen LogP contribution in [0.4, 0.5) is 0 Å². The highest BCUT2D eigenvalue weighted by atomic mass is 32.2. The van der Waals surface area contributed by atoms with Crippen molar-refractivity contribution in [2.75, 3.05) is 0 Å². The summed E-state index contributed by atoms with van der Waals surface area (Å²) in [4.78, 5) is 15.0. The molecular formula is C10H11N3O2S3. The van der Waals surface area contributed by atoms with E-state index in [1.807, 2.05) is 0 Å². The van der Waals surface area contributed by atoms with Crippen molar-refractivity contribution in [3.8, 4) is 0 Å². The number of carbonyl (C=O) groups is 1. The molecule has 0 spiro atoms. The Morgan fingerprint density at radius 1 is 1.28 bits per heavy atom. The molecule has 0 aliphatic rings. The molecule has 5 nitrogen and oxygen atoms in total. The molecule has 0 atom stereocenters. The first-order valence-corrected chi connectivity index (χ1v) is 7.52. The van der Waals surface area contributed by atoms with E-state index >= 15 is 0 Å². The molecule has 0 unspecified atom stereocenters. The van der Waals surface area contributed by atoms with Crippen LogP contribution in [-0.2, 0) is 5.41 Å². The van der Waals surface area contributed by atoms with E-state index in [1.54, 1.807) is 0 Å². The number of carboxylic acid groups (broad SMARTS) is 1. The summed E-state index contributed by atoms with van der Waals surface area (Å²) in [6, 6.07) is 0. The molecule has 96 valence electrons. The van der Waals surface area contributed by atoms with Crippen LogP contribution in [0.3, 0.4) is 0 Å². The molecule has 0 aliphatic carbocycles. The van der Waals surface area contributed by atoms with Crippen LogP contribution in [0.15, 0.2) is 14.9 Å². The Kier molecular flexibility index (Phi) is 3.69. The first kappa shape index (κ1) is 13.4. The Morgan fingerprint density at radius 3 is 2.50 bits per heavy atom. The van der Waals surface area contributed by atoms with Gasteiger partial charge in [0, 0.05) is 5.41 Å². The van der Waals surface area contributed by atoms with Gasteiger partial charge in [0.2, 0.25) is 0 Å². The first-order valence-electron chi connectivity index (χ1n) is 5.07. The predicted molar refractivity (Wildman–Crippen MR) is 71.8 cm³/mol. The fourth-order valence-corrected chi connectivity index (χ4v) is 3.96. The van der Waals surface area contributed by atoms with Crippen molar-refractivity contribution in [3.05, 3.63) is 16.1 Å². The third-order valence-corrected chi connectivity index (χ3v) is 5.38. The van der Waals surface area contributed by atoms with Gasteiger partial charge < -0.3 is 5.11 Å². The van der Waals surface area contributed by atoms with Gasteiger partial charge in [0.15, 0.2) is 8.68 Å². The normalized spacial score (nSPS) is 11.7. The second-order valence-electron chi connectivity index (χ2n) is 4.52. The zero-order chi connectivity index (χ0) is 13.3. The van der Waals surface area contributed by atoms with E-state index in [4.69, 9.17) is 5.11 Å². The molecule has 0 saturated heterocycles. The van der Waals surface area contributed by atoms with E-state index in [9.17, 15) is 4.79 Å². The molecule has 0 amide bonds. The van der Waals surface area contributed by atoms with Crippen molar-refractivity contribution in [2.45, 2.75) is 34.9 Å². The fraction of sp³-hybridized carbons (Fsp3) is 0.400. The largest absolute Gasteiger partial charge is 0.477 e. The van der Waals surface area contributed by atoms with Gasteiger partial charge in [-0.15, -0.1) is 21.5 Å². The van der Waals surface area contributed by atoms with Crippen molar-refractivity contribution >= 4 is 40.4 Å². The molecule has 0 aliphatic heterocycles. The van der Waals surface area contributed by atoms with Crippen LogP contribution in [0, 0.1) is 0 Å². The third-order valence-electron chi connectivity index (χ3n) is 1.92. The Balaban J connectivity index is 2.14. The second-order valence-corrected chi connectivity index (χ2v) is 8.02. The average molecular weight is 301 g/mol. The lowest BCUT2D eigenvalue weighted by atomic mass is 9.98. The number of carboxylic acids is 1. The molecule has 0 radical (unpaired) electrons. The van der Waals surface area contributed by atoms with Gasteiger partial charge in [-0.25, -0.2) is 9.78 Å². The van der Waals surface area contributed by atoms with Crippen LogP contribution < -0.4 is 0 Å². The van der Waals surface area contributed by atoms with Gasteiger partial charge in [0.25, 0.3) is 0 Å². The Bertz CT molecular complexity index is 571. The molecule has 0 bridgehead atoms. The van der Waals surface area contributed by atoms with Crippen LogP contribution >= 0.6 is 34.4 Å².